The second-order valence-electron chi connectivity index (χ2n) is 10.5. The Bertz CT molecular complexity index is 965. The summed E-state index contributed by atoms with van der Waals surface area (Å²) in [7, 11) is 0. The minimum Gasteiger partial charge on any atom is -0.446 e. The van der Waals surface area contributed by atoms with Crippen LogP contribution in [0.4, 0.5) is 23.9 Å². The molecule has 1 aromatic rings. The van der Waals surface area contributed by atoms with E-state index < -0.39 is 24.3 Å². The van der Waals surface area contributed by atoms with Crippen LogP contribution in [0.1, 0.15) is 81.5 Å². The molecule has 3 fully saturated rings. The summed E-state index contributed by atoms with van der Waals surface area (Å²) in [5.74, 6) is -0.143. The topological polar surface area (TPSA) is 90.5 Å². The molecule has 2 N–H and O–H groups in total. The van der Waals surface area contributed by atoms with Crippen molar-refractivity contribution in [3.63, 3.8) is 0 Å². The number of alkyl halides is 3. The number of anilines is 1. The number of nitrogens with two attached hydrogens (primary N) is 1. The number of nitrogens with zero attached hydrogens (tertiary/aromatic N) is 3. The number of fused-ring (bicyclic) bond motifs is 1. The molecule has 4 aliphatic rings. The van der Waals surface area contributed by atoms with Crippen molar-refractivity contribution in [2.45, 2.75) is 95.5 Å². The van der Waals surface area contributed by atoms with Crippen molar-refractivity contribution in [2.24, 2.45) is 17.8 Å². The van der Waals surface area contributed by atoms with E-state index >= 15 is 0 Å². The number of carbonyl (C=O) groups is 1. The molecular weight excluding hydrogens is 449 g/mol. The molecule has 0 saturated heterocycles. The molecule has 10 heteroatoms. The first-order valence-electron chi connectivity index (χ1n) is 12.6. The lowest BCUT2D eigenvalue weighted by Gasteiger charge is -2.44. The fourth-order valence-electron chi connectivity index (χ4n) is 6.06. The highest BCUT2D eigenvalue weighted by molar-refractivity contribution is 5.68. The summed E-state index contributed by atoms with van der Waals surface area (Å²) in [6.45, 7) is 0.450. The molecule has 0 aromatic carbocycles. The Morgan fingerprint density at radius 1 is 1.03 bits per heavy atom. The fraction of sp³-hybridized carbons (Fsp3) is 0.792. The SMILES string of the molecule is Nc1nc2c(c(=O)n1C(C1CCC1)C1CCC1)CCN(C(=O)OC1CCC(C(F)(F)F)CC1)C2. The molecule has 2 heterocycles. The van der Waals surface area contributed by atoms with Crippen molar-refractivity contribution in [3.05, 3.63) is 21.6 Å². The Morgan fingerprint density at radius 3 is 2.18 bits per heavy atom. The molecule has 1 amide bonds. The van der Waals surface area contributed by atoms with E-state index in [1.807, 2.05) is 0 Å². The average molecular weight is 483 g/mol. The smallest absolute Gasteiger partial charge is 0.410 e. The number of amides is 1. The van der Waals surface area contributed by atoms with Gasteiger partial charge in [0.2, 0.25) is 5.95 Å². The Morgan fingerprint density at radius 2 is 1.65 bits per heavy atom. The van der Waals surface area contributed by atoms with Crippen LogP contribution in [0, 0.1) is 17.8 Å². The molecule has 0 spiro atoms. The minimum absolute atomic E-state index is 0.0228. The van der Waals surface area contributed by atoms with Crippen LogP contribution in [-0.4, -0.2) is 39.4 Å². The van der Waals surface area contributed by atoms with Crippen LogP contribution in [0.3, 0.4) is 0 Å². The second kappa shape index (κ2) is 9.07. The molecule has 1 aromatic heterocycles. The van der Waals surface area contributed by atoms with Crippen LogP contribution < -0.4 is 11.3 Å². The normalized spacial score (nSPS) is 26.1. The predicted octanol–water partition coefficient (Wildman–Crippen LogP) is 4.58. The third-order valence-electron chi connectivity index (χ3n) is 8.52. The molecule has 188 valence electrons. The molecule has 34 heavy (non-hydrogen) atoms. The van der Waals surface area contributed by atoms with Gasteiger partial charge in [-0.1, -0.05) is 12.8 Å². The molecular formula is C24H33F3N4O3. The van der Waals surface area contributed by atoms with E-state index in [9.17, 15) is 22.8 Å². The standard InChI is InChI=1S/C24H33F3N4O3/c25-24(26,27)16-7-9-17(10-8-16)34-23(33)30-12-11-18-19(13-30)29-22(28)31(21(18)32)20(14-3-1-4-14)15-5-2-6-15/h14-17,20H,1-13H2,(H2,28,29). The van der Waals surface area contributed by atoms with Crippen molar-refractivity contribution in [1.82, 2.24) is 14.5 Å². The summed E-state index contributed by atoms with van der Waals surface area (Å²) in [6, 6.07) is 0.114. The van der Waals surface area contributed by atoms with Gasteiger partial charge in [0, 0.05) is 18.2 Å². The largest absolute Gasteiger partial charge is 0.446 e. The second-order valence-corrected chi connectivity index (χ2v) is 10.5. The van der Waals surface area contributed by atoms with Gasteiger partial charge in [0.1, 0.15) is 6.10 Å². The van der Waals surface area contributed by atoms with Gasteiger partial charge in [0.25, 0.3) is 5.56 Å². The number of carbonyl (C=O) groups excluding carboxylic acids is 1. The van der Waals surface area contributed by atoms with Gasteiger partial charge in [-0.25, -0.2) is 9.78 Å². The number of aromatic nitrogens is 2. The van der Waals surface area contributed by atoms with E-state index in [2.05, 4.69) is 4.98 Å². The van der Waals surface area contributed by atoms with Crippen molar-refractivity contribution in [2.75, 3.05) is 12.3 Å². The third-order valence-corrected chi connectivity index (χ3v) is 8.52. The van der Waals surface area contributed by atoms with Gasteiger partial charge in [0.05, 0.1) is 18.2 Å². The number of hydrogen-bond donors (Lipinski definition) is 1. The van der Waals surface area contributed by atoms with E-state index in [0.29, 0.717) is 36.1 Å². The lowest BCUT2D eigenvalue weighted by Crippen LogP contribution is -2.45. The summed E-state index contributed by atoms with van der Waals surface area (Å²) in [4.78, 5) is 32.2. The zero-order valence-corrected chi connectivity index (χ0v) is 19.4. The number of ether oxygens (including phenoxy) is 1. The Kier molecular flexibility index (Phi) is 6.27. The Labute approximate surface area is 196 Å². The highest BCUT2D eigenvalue weighted by Gasteiger charge is 2.43. The van der Waals surface area contributed by atoms with Crippen molar-refractivity contribution >= 4 is 12.0 Å². The van der Waals surface area contributed by atoms with Gasteiger partial charge < -0.3 is 15.4 Å². The van der Waals surface area contributed by atoms with Gasteiger partial charge in [0.15, 0.2) is 0 Å². The van der Waals surface area contributed by atoms with E-state index in [1.54, 1.807) is 4.57 Å². The Balaban J connectivity index is 1.26. The fourth-order valence-corrected chi connectivity index (χ4v) is 6.06. The summed E-state index contributed by atoms with van der Waals surface area (Å²) in [6.07, 6.45) is 2.34. The maximum absolute atomic E-state index is 13.5. The first-order chi connectivity index (χ1) is 16.2. The summed E-state index contributed by atoms with van der Waals surface area (Å²) in [5, 5.41) is 0. The minimum atomic E-state index is -4.19. The average Bonchev–Trinajstić information content (AvgIpc) is 2.70. The number of nitrogen functional groups attached to an aromatic ring is 1. The van der Waals surface area contributed by atoms with Crippen LogP contribution in [0.5, 0.6) is 0 Å². The maximum atomic E-state index is 13.5. The van der Waals surface area contributed by atoms with Crippen molar-refractivity contribution in [3.8, 4) is 0 Å². The van der Waals surface area contributed by atoms with Gasteiger partial charge in [-0.15, -0.1) is 0 Å². The number of halogens is 3. The molecule has 5 rings (SSSR count). The zero-order valence-electron chi connectivity index (χ0n) is 19.4. The molecule has 7 nitrogen and oxygen atoms in total. The first kappa shape index (κ1) is 23.5. The lowest BCUT2D eigenvalue weighted by atomic mass is 9.68. The third kappa shape index (κ3) is 4.40. The molecule has 0 radical (unpaired) electrons. The van der Waals surface area contributed by atoms with Crippen LogP contribution in [0.2, 0.25) is 0 Å². The summed E-state index contributed by atoms with van der Waals surface area (Å²) >= 11 is 0. The Hall–Kier alpha value is -2.26. The summed E-state index contributed by atoms with van der Waals surface area (Å²) < 4.78 is 45.9. The monoisotopic (exact) mass is 482 g/mol. The lowest BCUT2D eigenvalue weighted by molar-refractivity contribution is -0.186. The highest BCUT2D eigenvalue weighted by atomic mass is 19.4. The zero-order chi connectivity index (χ0) is 24.0. The maximum Gasteiger partial charge on any atom is 0.410 e. The molecule has 3 aliphatic carbocycles. The molecule has 0 bridgehead atoms. The van der Waals surface area contributed by atoms with E-state index in [4.69, 9.17) is 10.5 Å². The van der Waals surface area contributed by atoms with Gasteiger partial charge in [-0.3, -0.25) is 9.36 Å². The van der Waals surface area contributed by atoms with Crippen LogP contribution in [0.15, 0.2) is 4.79 Å². The van der Waals surface area contributed by atoms with Gasteiger partial charge in [-0.2, -0.15) is 13.2 Å². The quantitative estimate of drug-likeness (QED) is 0.678. The van der Waals surface area contributed by atoms with Crippen molar-refractivity contribution in [1.29, 1.82) is 0 Å². The summed E-state index contributed by atoms with van der Waals surface area (Å²) in [5.41, 5.74) is 7.37. The number of hydrogen-bond acceptors (Lipinski definition) is 5. The molecule has 3 saturated carbocycles. The van der Waals surface area contributed by atoms with Gasteiger partial charge in [-0.05, 0) is 69.6 Å². The van der Waals surface area contributed by atoms with Crippen molar-refractivity contribution < 1.29 is 22.7 Å². The van der Waals surface area contributed by atoms with Gasteiger partial charge >= 0.3 is 12.3 Å². The molecule has 0 unspecified atom stereocenters. The van der Waals surface area contributed by atoms with Crippen LogP contribution >= 0.6 is 0 Å². The van der Waals surface area contributed by atoms with E-state index in [0.717, 1.165) is 25.7 Å². The van der Waals surface area contributed by atoms with E-state index in [-0.39, 0.29) is 49.8 Å². The molecule has 1 aliphatic heterocycles. The van der Waals surface area contributed by atoms with E-state index in [1.165, 1.54) is 17.7 Å². The molecule has 0 atom stereocenters. The predicted molar refractivity (Wildman–Crippen MR) is 119 cm³/mol. The van der Waals surface area contributed by atoms with Crippen LogP contribution in [-0.2, 0) is 17.7 Å². The first-order valence-corrected chi connectivity index (χ1v) is 12.6. The van der Waals surface area contributed by atoms with Crippen LogP contribution in [0.25, 0.3) is 0 Å². The number of rotatable bonds is 4. The highest BCUT2D eigenvalue weighted by Crippen LogP contribution is 2.47.